The largest absolute Gasteiger partial charge is 0.399 e. The molecule has 0 atom stereocenters. The molecule has 2 N–H and O–H groups in total. The van der Waals surface area contributed by atoms with Crippen LogP contribution in [-0.2, 0) is 0 Å². The van der Waals surface area contributed by atoms with Crippen molar-refractivity contribution in [2.24, 2.45) is 5.73 Å². The number of hydrogen-bond acceptors (Lipinski definition) is 1. The lowest BCUT2D eigenvalue weighted by molar-refractivity contribution is 1.57. The van der Waals surface area contributed by atoms with Crippen LogP contribution in [0.1, 0.15) is 5.56 Å². The summed E-state index contributed by atoms with van der Waals surface area (Å²) in [5.41, 5.74) is 7.33. The van der Waals surface area contributed by atoms with Crippen LogP contribution in [-0.4, -0.2) is 0 Å². The average molecular weight is 242 g/mol. The molecular weight excluding hydrogens is 229 g/mol. The van der Waals surface area contributed by atoms with Crippen LogP contribution in [0.15, 0.2) is 49.0 Å². The number of rotatable bonds is 1. The van der Waals surface area contributed by atoms with Crippen LogP contribution in [0.5, 0.6) is 0 Å². The number of halogens is 2. The van der Waals surface area contributed by atoms with Crippen LogP contribution in [0.3, 0.4) is 0 Å². The van der Waals surface area contributed by atoms with Crippen LogP contribution in [0.4, 0.5) is 0 Å². The quantitative estimate of drug-likeness (QED) is 0.812. The number of hydrogen-bond donors (Lipinski definition) is 1. The zero-order chi connectivity index (χ0) is 9.26. The fraction of sp³-hybridized carbons (Fsp3) is 0. The first-order valence-corrected chi connectivity index (χ1v) is 4.21. The Morgan fingerprint density at radius 2 is 1.53 bits per heavy atom. The molecule has 0 amide bonds. The smallest absolute Gasteiger partial charge is 0.0320 e. The maximum Gasteiger partial charge on any atom is 0.0320 e. The zero-order valence-electron chi connectivity index (χ0n) is 8.14. The van der Waals surface area contributed by atoms with Gasteiger partial charge in [0.1, 0.15) is 0 Å². The summed E-state index contributed by atoms with van der Waals surface area (Å²) in [7, 11) is 0. The summed E-state index contributed by atoms with van der Waals surface area (Å²) < 4.78 is 0. The summed E-state index contributed by atoms with van der Waals surface area (Å²) in [6.45, 7) is 3.75. The lowest BCUT2D eigenvalue weighted by Gasteiger charge is -2.04. The minimum Gasteiger partial charge on any atom is -0.399 e. The first kappa shape index (κ1) is 13.8. The molecule has 3 heteroatoms. The molecule has 2 rings (SSSR count). The Hall–Kier alpha value is -1.18. The molecule has 0 unspecified atom stereocenters. The predicted molar refractivity (Wildman–Crippen MR) is 71.7 cm³/mol. The van der Waals surface area contributed by atoms with E-state index in [1.165, 1.54) is 5.39 Å². The third-order valence-corrected chi connectivity index (χ3v) is 2.14. The summed E-state index contributed by atoms with van der Waals surface area (Å²) in [4.78, 5) is 0. The van der Waals surface area contributed by atoms with Gasteiger partial charge in [0, 0.05) is 11.3 Å². The predicted octanol–water partition coefficient (Wildman–Crippen LogP) is 3.61. The van der Waals surface area contributed by atoms with Gasteiger partial charge in [-0.05, 0) is 10.8 Å². The molecule has 0 radical (unpaired) electrons. The van der Waals surface area contributed by atoms with Crippen molar-refractivity contribution < 1.29 is 0 Å². The normalized spacial score (nSPS) is 8.80. The second-order valence-corrected chi connectivity index (χ2v) is 3.05. The SMILES string of the molecule is C=C(N)c1cccc2ccccc12.Cl.Cl. The summed E-state index contributed by atoms with van der Waals surface area (Å²) in [6.07, 6.45) is 0. The lowest BCUT2D eigenvalue weighted by atomic mass is 10.0. The Morgan fingerprint density at radius 1 is 0.933 bits per heavy atom. The Balaban J connectivity index is 0.000000980. The molecule has 2 aromatic carbocycles. The summed E-state index contributed by atoms with van der Waals surface area (Å²) in [5, 5.41) is 2.36. The van der Waals surface area contributed by atoms with E-state index in [2.05, 4.69) is 24.8 Å². The van der Waals surface area contributed by atoms with Crippen molar-refractivity contribution in [3.05, 3.63) is 54.6 Å². The Kier molecular flexibility index (Phi) is 5.20. The molecule has 0 aliphatic heterocycles. The van der Waals surface area contributed by atoms with E-state index in [4.69, 9.17) is 5.73 Å². The van der Waals surface area contributed by atoms with Crippen molar-refractivity contribution in [1.82, 2.24) is 0 Å². The van der Waals surface area contributed by atoms with Crippen molar-refractivity contribution in [2.75, 3.05) is 0 Å². The van der Waals surface area contributed by atoms with Gasteiger partial charge in [-0.3, -0.25) is 0 Å². The Morgan fingerprint density at radius 3 is 2.20 bits per heavy atom. The number of nitrogens with two attached hydrogens (primary N) is 1. The van der Waals surface area contributed by atoms with Gasteiger partial charge in [0.15, 0.2) is 0 Å². The summed E-state index contributed by atoms with van der Waals surface area (Å²) >= 11 is 0. The van der Waals surface area contributed by atoms with Crippen LogP contribution < -0.4 is 5.73 Å². The van der Waals surface area contributed by atoms with Gasteiger partial charge in [0.25, 0.3) is 0 Å². The van der Waals surface area contributed by atoms with E-state index in [-0.39, 0.29) is 24.8 Å². The number of fused-ring (bicyclic) bond motifs is 1. The van der Waals surface area contributed by atoms with Crippen LogP contribution in [0.25, 0.3) is 16.5 Å². The molecular formula is C12H13Cl2N. The van der Waals surface area contributed by atoms with Gasteiger partial charge >= 0.3 is 0 Å². The highest BCUT2D eigenvalue weighted by molar-refractivity contribution is 5.92. The summed E-state index contributed by atoms with van der Waals surface area (Å²) in [5.74, 6) is 0. The van der Waals surface area contributed by atoms with Crippen molar-refractivity contribution >= 4 is 41.3 Å². The molecule has 80 valence electrons. The van der Waals surface area contributed by atoms with Crippen LogP contribution in [0.2, 0.25) is 0 Å². The molecule has 1 nitrogen and oxygen atoms in total. The molecule has 0 saturated heterocycles. The highest BCUT2D eigenvalue weighted by atomic mass is 35.5. The van der Waals surface area contributed by atoms with Crippen LogP contribution in [0, 0.1) is 0 Å². The highest BCUT2D eigenvalue weighted by Gasteiger charge is 1.99. The summed E-state index contributed by atoms with van der Waals surface area (Å²) in [6, 6.07) is 14.2. The van der Waals surface area contributed by atoms with Gasteiger partial charge in [-0.25, -0.2) is 0 Å². The lowest BCUT2D eigenvalue weighted by Crippen LogP contribution is -1.94. The molecule has 0 aliphatic carbocycles. The fourth-order valence-electron chi connectivity index (χ4n) is 1.51. The zero-order valence-corrected chi connectivity index (χ0v) is 9.78. The van der Waals surface area contributed by atoms with E-state index < -0.39 is 0 Å². The van der Waals surface area contributed by atoms with Crippen molar-refractivity contribution in [3.8, 4) is 0 Å². The van der Waals surface area contributed by atoms with E-state index in [9.17, 15) is 0 Å². The fourth-order valence-corrected chi connectivity index (χ4v) is 1.51. The minimum absolute atomic E-state index is 0. The van der Waals surface area contributed by atoms with Gasteiger partial charge < -0.3 is 5.73 Å². The van der Waals surface area contributed by atoms with Gasteiger partial charge in [-0.1, -0.05) is 49.0 Å². The van der Waals surface area contributed by atoms with E-state index in [1.54, 1.807) is 0 Å². The van der Waals surface area contributed by atoms with Crippen molar-refractivity contribution in [3.63, 3.8) is 0 Å². The van der Waals surface area contributed by atoms with E-state index >= 15 is 0 Å². The van der Waals surface area contributed by atoms with Gasteiger partial charge in [0.2, 0.25) is 0 Å². The second kappa shape index (κ2) is 5.64. The van der Waals surface area contributed by atoms with Gasteiger partial charge in [-0.15, -0.1) is 24.8 Å². The maximum atomic E-state index is 5.69. The second-order valence-electron chi connectivity index (χ2n) is 3.05. The Bertz CT molecular complexity index is 461. The van der Waals surface area contributed by atoms with Crippen molar-refractivity contribution in [2.45, 2.75) is 0 Å². The molecule has 0 saturated carbocycles. The maximum absolute atomic E-state index is 5.69. The van der Waals surface area contributed by atoms with Gasteiger partial charge in [0.05, 0.1) is 0 Å². The molecule has 0 spiro atoms. The van der Waals surface area contributed by atoms with Crippen molar-refractivity contribution in [1.29, 1.82) is 0 Å². The third-order valence-electron chi connectivity index (χ3n) is 2.14. The number of benzene rings is 2. The standard InChI is InChI=1S/C12H11N.2ClH/c1-9(13)11-8-4-6-10-5-2-3-7-12(10)11;;/h2-8H,1,13H2;2*1H. The molecule has 0 aliphatic rings. The topological polar surface area (TPSA) is 26.0 Å². The average Bonchev–Trinajstić information content (AvgIpc) is 2.17. The first-order chi connectivity index (χ1) is 6.29. The molecule has 2 aromatic rings. The highest BCUT2D eigenvalue weighted by Crippen LogP contribution is 2.21. The monoisotopic (exact) mass is 241 g/mol. The first-order valence-electron chi connectivity index (χ1n) is 4.21. The molecule has 15 heavy (non-hydrogen) atoms. The molecule has 0 bridgehead atoms. The van der Waals surface area contributed by atoms with E-state index in [0.29, 0.717) is 5.70 Å². The molecule has 0 heterocycles. The van der Waals surface area contributed by atoms with E-state index in [0.717, 1.165) is 10.9 Å². The minimum atomic E-state index is 0. The molecule has 0 aromatic heterocycles. The molecule has 0 fully saturated rings. The van der Waals surface area contributed by atoms with Gasteiger partial charge in [-0.2, -0.15) is 0 Å². The third kappa shape index (κ3) is 2.65. The van der Waals surface area contributed by atoms with Crippen LogP contribution >= 0.6 is 24.8 Å². The Labute approximate surface area is 102 Å². The van der Waals surface area contributed by atoms with E-state index in [1.807, 2.05) is 24.3 Å².